The van der Waals surface area contributed by atoms with Crippen molar-refractivity contribution in [2.45, 2.75) is 85.0 Å². The number of benzene rings is 5. The average molecular weight is 884 g/mol. The molecule has 9 nitrogen and oxygen atoms in total. The molecule has 0 bridgehead atoms. The number of hydrogen-bond acceptors (Lipinski definition) is 8. The summed E-state index contributed by atoms with van der Waals surface area (Å²) in [5.74, 6) is 2.17. The maximum atomic E-state index is 14.1. The van der Waals surface area contributed by atoms with Crippen LogP contribution in [0.25, 0.3) is 21.8 Å². The lowest BCUT2D eigenvalue weighted by atomic mass is 9.95. The van der Waals surface area contributed by atoms with Gasteiger partial charge < -0.3 is 24.8 Å². The number of carbonyl (C=O) groups excluding carboxylic acids is 2. The quantitative estimate of drug-likeness (QED) is 0.0419. The minimum Gasteiger partial charge on any atom is -0.497 e. The van der Waals surface area contributed by atoms with E-state index in [1.807, 2.05) is 66.7 Å². The number of thiocarbonyl (C=S) groups is 1. The molecule has 3 N–H and O–H groups in total. The molecule has 7 rings (SSSR count). The maximum absolute atomic E-state index is 14.1. The summed E-state index contributed by atoms with van der Waals surface area (Å²) < 4.78 is 19.1. The summed E-state index contributed by atoms with van der Waals surface area (Å²) in [6.07, 6.45) is 7.49. The number of methoxy groups -OCH3 is 1. The fourth-order valence-corrected chi connectivity index (χ4v) is 9.38. The first-order valence-electron chi connectivity index (χ1n) is 22.3. The number of nitrogens with one attached hydrogen (secondary N) is 3. The number of pyridine rings is 1. The molecule has 11 heteroatoms. The first-order chi connectivity index (χ1) is 30.8. The standard InChI is InChI=1S/C52H58N4O5S2/c1-5-36(6-2)20-13-15-35(3)54-47-41-24-22-37(31-46(41)55-45-27-23-40(59-4)32-44(45)47)21-14-28-53-50(57)42-25-26-43(51(58)56-29-30-63-52(56)62)49(61-34-39-18-11-8-12-19-39)48(42)60-33-38-16-9-7-10-17-38/h7-12,16-19,22-27,31-32,35-36H,5-6,13-15,20-21,28-30,33-34H2,1-4H3,(H,53,57)(H,54,55)/p+1. The minimum absolute atomic E-state index is 0.175. The fraction of sp³-hybridized carbons (Fsp3) is 0.346. The zero-order valence-electron chi connectivity index (χ0n) is 36.8. The summed E-state index contributed by atoms with van der Waals surface area (Å²) in [5.41, 5.74) is 6.76. The number of anilines is 1. The second kappa shape index (κ2) is 22.1. The van der Waals surface area contributed by atoms with Crippen molar-refractivity contribution < 1.29 is 28.8 Å². The van der Waals surface area contributed by atoms with Crippen LogP contribution in [-0.2, 0) is 19.6 Å². The Hall–Kier alpha value is -5.65. The number of aryl methyl sites for hydroxylation is 1. The van der Waals surface area contributed by atoms with Gasteiger partial charge in [-0.1, -0.05) is 130 Å². The molecule has 0 aliphatic carbocycles. The summed E-state index contributed by atoms with van der Waals surface area (Å²) in [7, 11) is 1.70. The molecule has 0 spiro atoms. The van der Waals surface area contributed by atoms with Gasteiger partial charge in [-0.3, -0.25) is 14.5 Å². The van der Waals surface area contributed by atoms with Crippen LogP contribution >= 0.6 is 24.0 Å². The van der Waals surface area contributed by atoms with Crippen LogP contribution in [0.15, 0.2) is 109 Å². The van der Waals surface area contributed by atoms with Crippen LogP contribution in [0.1, 0.15) is 96.7 Å². The van der Waals surface area contributed by atoms with Gasteiger partial charge >= 0.3 is 0 Å². The van der Waals surface area contributed by atoms with Crippen LogP contribution in [0.3, 0.4) is 0 Å². The van der Waals surface area contributed by atoms with Crippen molar-refractivity contribution in [3.8, 4) is 17.2 Å². The van der Waals surface area contributed by atoms with Gasteiger partial charge in [0.15, 0.2) is 11.5 Å². The summed E-state index contributed by atoms with van der Waals surface area (Å²) >= 11 is 7.00. The third kappa shape index (κ3) is 11.5. The highest BCUT2D eigenvalue weighted by Gasteiger charge is 2.31. The zero-order chi connectivity index (χ0) is 44.1. The summed E-state index contributed by atoms with van der Waals surface area (Å²) in [6.45, 7) is 8.14. The molecule has 1 fully saturated rings. The number of aromatic amines is 1. The Balaban J connectivity index is 1.10. The molecule has 1 aromatic heterocycles. The van der Waals surface area contributed by atoms with Crippen LogP contribution in [0.2, 0.25) is 0 Å². The minimum atomic E-state index is -0.313. The second-order valence-corrected chi connectivity index (χ2v) is 18.0. The van der Waals surface area contributed by atoms with Crippen molar-refractivity contribution in [2.24, 2.45) is 5.92 Å². The van der Waals surface area contributed by atoms with Crippen LogP contribution in [0.5, 0.6) is 17.2 Å². The molecule has 6 aromatic rings. The molecule has 1 aliphatic heterocycles. The van der Waals surface area contributed by atoms with Crippen LogP contribution < -0.4 is 29.8 Å². The largest absolute Gasteiger partial charge is 0.497 e. The third-order valence-corrected chi connectivity index (χ3v) is 13.3. The Morgan fingerprint density at radius 2 is 1.46 bits per heavy atom. The number of aromatic nitrogens is 1. The van der Waals surface area contributed by atoms with Crippen molar-refractivity contribution in [1.82, 2.24) is 10.2 Å². The number of fused-ring (bicyclic) bond motifs is 2. The first kappa shape index (κ1) is 45.4. The third-order valence-electron chi connectivity index (χ3n) is 11.9. The van der Waals surface area contributed by atoms with E-state index < -0.39 is 0 Å². The van der Waals surface area contributed by atoms with E-state index in [9.17, 15) is 9.59 Å². The van der Waals surface area contributed by atoms with Gasteiger partial charge in [-0.25, -0.2) is 4.98 Å². The van der Waals surface area contributed by atoms with Crippen LogP contribution in [0.4, 0.5) is 5.69 Å². The fourth-order valence-electron chi connectivity index (χ4n) is 8.18. The summed E-state index contributed by atoms with van der Waals surface area (Å²) in [6, 6.07) is 35.8. The van der Waals surface area contributed by atoms with E-state index in [0.29, 0.717) is 35.4 Å². The van der Waals surface area contributed by atoms with Gasteiger partial charge in [0, 0.05) is 37.0 Å². The Labute approximate surface area is 381 Å². The predicted molar refractivity (Wildman–Crippen MR) is 260 cm³/mol. The molecule has 5 aromatic carbocycles. The van der Waals surface area contributed by atoms with E-state index in [2.05, 4.69) is 66.7 Å². The van der Waals surface area contributed by atoms with E-state index in [0.717, 1.165) is 74.4 Å². The lowest BCUT2D eigenvalue weighted by molar-refractivity contribution is -0.310. The molecule has 63 heavy (non-hydrogen) atoms. The van der Waals surface area contributed by atoms with Gasteiger partial charge in [-0.05, 0) is 79.1 Å². The average Bonchev–Trinajstić information content (AvgIpc) is 3.75. The van der Waals surface area contributed by atoms with Crippen LogP contribution in [0, 0.1) is 5.92 Å². The highest BCUT2D eigenvalue weighted by Crippen LogP contribution is 2.39. The maximum Gasteiger partial charge on any atom is 0.263 e. The van der Waals surface area contributed by atoms with Crippen molar-refractivity contribution in [2.75, 3.05) is 31.3 Å². The molecule has 2 heterocycles. The van der Waals surface area contributed by atoms with Gasteiger partial charge in [0.25, 0.3) is 11.8 Å². The molecular weight excluding hydrogens is 825 g/mol. The highest BCUT2D eigenvalue weighted by molar-refractivity contribution is 8.23. The number of nitrogens with zero attached hydrogens (tertiary/aromatic N) is 1. The molecule has 328 valence electrons. The Morgan fingerprint density at radius 3 is 2.11 bits per heavy atom. The van der Waals surface area contributed by atoms with E-state index in [1.54, 1.807) is 24.1 Å². The SMILES string of the molecule is CCC(CC)CCCC(C)Nc1c2ccc(CCCNC(=O)c3ccc(C(=O)N4CCSC4=S)c(OCc4ccccc4)c3OCc3ccccc3)cc2[nH+]c2ccc(OC)cc12. The highest BCUT2D eigenvalue weighted by atomic mass is 32.2. The van der Waals surface area contributed by atoms with Crippen molar-refractivity contribution in [3.63, 3.8) is 0 Å². The molecule has 0 radical (unpaired) electrons. The van der Waals surface area contributed by atoms with Crippen LogP contribution in [-0.4, -0.2) is 53.0 Å². The molecule has 1 saturated heterocycles. The summed E-state index contributed by atoms with van der Waals surface area (Å²) in [5, 5.41) is 9.24. The number of ether oxygens (including phenoxy) is 3. The van der Waals surface area contributed by atoms with Crippen molar-refractivity contribution >= 4 is 67.6 Å². The van der Waals surface area contributed by atoms with E-state index in [-0.39, 0.29) is 42.1 Å². The number of rotatable bonds is 21. The Morgan fingerprint density at radius 1 is 0.778 bits per heavy atom. The van der Waals surface area contributed by atoms with Gasteiger partial charge in [0.05, 0.1) is 34.7 Å². The van der Waals surface area contributed by atoms with E-state index >= 15 is 0 Å². The number of H-pyrrole nitrogens is 1. The topological polar surface area (TPSA) is 103 Å². The number of thioether (sulfide) groups is 1. The predicted octanol–water partition coefficient (Wildman–Crippen LogP) is 11.2. The molecule has 0 saturated carbocycles. The van der Waals surface area contributed by atoms with Gasteiger partial charge in [-0.15, -0.1) is 0 Å². The van der Waals surface area contributed by atoms with Gasteiger partial charge in [0.2, 0.25) is 11.0 Å². The Bertz CT molecular complexity index is 2510. The summed E-state index contributed by atoms with van der Waals surface area (Å²) in [4.78, 5) is 33.4. The first-order valence-corrected chi connectivity index (χ1v) is 23.6. The zero-order valence-corrected chi connectivity index (χ0v) is 38.5. The lowest BCUT2D eigenvalue weighted by Gasteiger charge is -2.22. The van der Waals surface area contributed by atoms with Crippen molar-refractivity contribution in [3.05, 3.63) is 137 Å². The van der Waals surface area contributed by atoms with Gasteiger partial charge in [-0.2, -0.15) is 0 Å². The number of hydrogen-bond donors (Lipinski definition) is 2. The van der Waals surface area contributed by atoms with Crippen molar-refractivity contribution in [1.29, 1.82) is 0 Å². The number of carbonyl (C=O) groups is 2. The number of amides is 2. The van der Waals surface area contributed by atoms with E-state index in [1.165, 1.54) is 37.4 Å². The van der Waals surface area contributed by atoms with Gasteiger partial charge in [0.1, 0.15) is 23.3 Å². The van der Waals surface area contributed by atoms with E-state index in [4.69, 9.17) is 26.4 Å². The lowest BCUT2D eigenvalue weighted by Crippen LogP contribution is -2.31. The molecule has 2 amide bonds. The smallest absolute Gasteiger partial charge is 0.263 e. The molecule has 1 atom stereocenters. The normalized spacial score (nSPS) is 13.1. The molecular formula is C52H59N4O5S2+. The monoisotopic (exact) mass is 883 g/mol. The Kier molecular flexibility index (Phi) is 15.9. The second-order valence-electron chi connectivity index (χ2n) is 16.2. The molecule has 1 aliphatic rings. The molecule has 1 unspecified atom stereocenters.